The summed E-state index contributed by atoms with van der Waals surface area (Å²) in [4.78, 5) is 11.9. The van der Waals surface area contributed by atoms with Crippen LogP contribution in [0.2, 0.25) is 0 Å². The minimum atomic E-state index is -0.370. The molecule has 3 heteroatoms. The normalized spacial score (nSPS) is 34.6. The summed E-state index contributed by atoms with van der Waals surface area (Å²) in [5, 5.41) is 3.46. The molecule has 16 heavy (non-hydrogen) atoms. The predicted octanol–water partition coefficient (Wildman–Crippen LogP) is 2.25. The number of fused-ring (bicyclic) bond motifs is 1. The van der Waals surface area contributed by atoms with E-state index < -0.39 is 0 Å². The summed E-state index contributed by atoms with van der Waals surface area (Å²) in [5.74, 6) is 0.733. The van der Waals surface area contributed by atoms with Crippen LogP contribution < -0.4 is 5.32 Å². The SMILES string of the molecule is CC(C)(C)OC(=O)C1CCC2CCCC2N1. The summed E-state index contributed by atoms with van der Waals surface area (Å²) < 4.78 is 5.42. The van der Waals surface area contributed by atoms with Crippen LogP contribution in [0.1, 0.15) is 52.9 Å². The number of nitrogens with one attached hydrogen (secondary N) is 1. The van der Waals surface area contributed by atoms with Crippen molar-refractivity contribution in [2.24, 2.45) is 5.92 Å². The highest BCUT2D eigenvalue weighted by molar-refractivity contribution is 5.76. The van der Waals surface area contributed by atoms with Crippen LogP contribution in [0.15, 0.2) is 0 Å². The topological polar surface area (TPSA) is 38.3 Å². The molecule has 2 rings (SSSR count). The van der Waals surface area contributed by atoms with Gasteiger partial charge in [-0.15, -0.1) is 0 Å². The molecule has 0 bridgehead atoms. The molecule has 1 saturated heterocycles. The van der Waals surface area contributed by atoms with Crippen LogP contribution >= 0.6 is 0 Å². The van der Waals surface area contributed by atoms with Gasteiger partial charge >= 0.3 is 5.97 Å². The van der Waals surface area contributed by atoms with Gasteiger partial charge in [0.2, 0.25) is 0 Å². The first kappa shape index (κ1) is 11.9. The van der Waals surface area contributed by atoms with Crippen LogP contribution in [0.5, 0.6) is 0 Å². The van der Waals surface area contributed by atoms with Crippen LogP contribution in [0, 0.1) is 5.92 Å². The highest BCUT2D eigenvalue weighted by Crippen LogP contribution is 2.33. The number of hydrogen-bond acceptors (Lipinski definition) is 3. The van der Waals surface area contributed by atoms with Crippen LogP contribution in [0.4, 0.5) is 0 Å². The lowest BCUT2D eigenvalue weighted by molar-refractivity contribution is -0.158. The fraction of sp³-hybridized carbons (Fsp3) is 0.923. The smallest absolute Gasteiger partial charge is 0.323 e. The Morgan fingerprint density at radius 1 is 1.19 bits per heavy atom. The number of hydrogen-bond donors (Lipinski definition) is 1. The van der Waals surface area contributed by atoms with Gasteiger partial charge in [-0.25, -0.2) is 0 Å². The van der Waals surface area contributed by atoms with Crippen molar-refractivity contribution in [3.63, 3.8) is 0 Å². The largest absolute Gasteiger partial charge is 0.459 e. The molecule has 0 radical (unpaired) electrons. The molecule has 1 aliphatic heterocycles. The molecule has 3 atom stereocenters. The van der Waals surface area contributed by atoms with Gasteiger partial charge in [0.15, 0.2) is 0 Å². The number of carbonyl (C=O) groups excluding carboxylic acids is 1. The predicted molar refractivity (Wildman–Crippen MR) is 63.1 cm³/mol. The molecule has 1 heterocycles. The third kappa shape index (κ3) is 2.76. The lowest BCUT2D eigenvalue weighted by atomic mass is 9.90. The Labute approximate surface area is 97.9 Å². The molecule has 2 fully saturated rings. The molecular weight excluding hydrogens is 202 g/mol. The lowest BCUT2D eigenvalue weighted by Crippen LogP contribution is -2.50. The number of piperidine rings is 1. The molecule has 2 aliphatic rings. The molecule has 3 unspecified atom stereocenters. The van der Waals surface area contributed by atoms with Gasteiger partial charge in [0, 0.05) is 6.04 Å². The quantitative estimate of drug-likeness (QED) is 0.696. The Balaban J connectivity index is 1.89. The van der Waals surface area contributed by atoms with Gasteiger partial charge < -0.3 is 10.1 Å². The Bertz CT molecular complexity index is 270. The van der Waals surface area contributed by atoms with E-state index in [0.717, 1.165) is 12.3 Å². The minimum absolute atomic E-state index is 0.0708. The summed E-state index contributed by atoms with van der Waals surface area (Å²) in [6.45, 7) is 5.77. The second-order valence-electron chi connectivity index (χ2n) is 6.13. The first-order valence-corrected chi connectivity index (χ1v) is 6.44. The molecule has 1 aliphatic carbocycles. The van der Waals surface area contributed by atoms with E-state index in [9.17, 15) is 4.79 Å². The van der Waals surface area contributed by atoms with E-state index in [1.54, 1.807) is 0 Å². The first-order valence-electron chi connectivity index (χ1n) is 6.44. The summed E-state index contributed by atoms with van der Waals surface area (Å²) in [5.41, 5.74) is -0.370. The van der Waals surface area contributed by atoms with Crippen LogP contribution in [-0.4, -0.2) is 23.7 Å². The monoisotopic (exact) mass is 225 g/mol. The standard InChI is InChI=1S/C13H23NO2/c1-13(2,3)16-12(15)11-8-7-9-5-4-6-10(9)14-11/h9-11,14H,4-8H2,1-3H3. The van der Waals surface area contributed by atoms with Crippen LogP contribution in [-0.2, 0) is 9.53 Å². The van der Waals surface area contributed by atoms with Gasteiger partial charge in [-0.1, -0.05) is 6.42 Å². The van der Waals surface area contributed by atoms with Gasteiger partial charge in [0.1, 0.15) is 11.6 Å². The van der Waals surface area contributed by atoms with Gasteiger partial charge in [-0.05, 0) is 52.4 Å². The van der Waals surface area contributed by atoms with E-state index in [1.165, 1.54) is 25.7 Å². The fourth-order valence-electron chi connectivity index (χ4n) is 2.88. The van der Waals surface area contributed by atoms with E-state index >= 15 is 0 Å². The van der Waals surface area contributed by atoms with Crippen molar-refractivity contribution in [2.75, 3.05) is 0 Å². The fourth-order valence-corrected chi connectivity index (χ4v) is 2.88. The third-order valence-electron chi connectivity index (χ3n) is 3.59. The van der Waals surface area contributed by atoms with E-state index in [1.807, 2.05) is 20.8 Å². The maximum atomic E-state index is 11.9. The maximum absolute atomic E-state index is 11.9. The van der Waals surface area contributed by atoms with Gasteiger partial charge in [-0.2, -0.15) is 0 Å². The van der Waals surface area contributed by atoms with Gasteiger partial charge in [-0.3, -0.25) is 4.79 Å². The lowest BCUT2D eigenvalue weighted by Gasteiger charge is -2.33. The highest BCUT2D eigenvalue weighted by atomic mass is 16.6. The van der Waals surface area contributed by atoms with E-state index in [-0.39, 0.29) is 17.6 Å². The van der Waals surface area contributed by atoms with Gasteiger partial charge in [0.05, 0.1) is 0 Å². The zero-order valence-electron chi connectivity index (χ0n) is 10.6. The molecule has 0 spiro atoms. The molecular formula is C13H23NO2. The average molecular weight is 225 g/mol. The molecule has 0 aromatic rings. The zero-order valence-corrected chi connectivity index (χ0v) is 10.6. The highest BCUT2D eigenvalue weighted by Gasteiger charge is 2.37. The molecule has 0 aromatic heterocycles. The summed E-state index contributed by atoms with van der Waals surface area (Å²) >= 11 is 0. The van der Waals surface area contributed by atoms with Crippen molar-refractivity contribution in [1.29, 1.82) is 0 Å². The van der Waals surface area contributed by atoms with Crippen molar-refractivity contribution < 1.29 is 9.53 Å². The minimum Gasteiger partial charge on any atom is -0.459 e. The van der Waals surface area contributed by atoms with E-state index in [0.29, 0.717) is 6.04 Å². The van der Waals surface area contributed by atoms with Gasteiger partial charge in [0.25, 0.3) is 0 Å². The Kier molecular flexibility index (Phi) is 3.24. The van der Waals surface area contributed by atoms with E-state index in [2.05, 4.69) is 5.32 Å². The van der Waals surface area contributed by atoms with Crippen molar-refractivity contribution in [1.82, 2.24) is 5.32 Å². The first-order chi connectivity index (χ1) is 7.46. The number of rotatable bonds is 1. The number of esters is 1. The second-order valence-corrected chi connectivity index (χ2v) is 6.13. The zero-order chi connectivity index (χ0) is 11.8. The number of ether oxygens (including phenoxy) is 1. The Hall–Kier alpha value is -0.570. The molecule has 0 amide bonds. The molecule has 1 saturated carbocycles. The molecule has 92 valence electrons. The maximum Gasteiger partial charge on any atom is 0.323 e. The van der Waals surface area contributed by atoms with Crippen LogP contribution in [0.25, 0.3) is 0 Å². The van der Waals surface area contributed by atoms with E-state index in [4.69, 9.17) is 4.74 Å². The Morgan fingerprint density at radius 3 is 2.62 bits per heavy atom. The summed E-state index contributed by atoms with van der Waals surface area (Å²) in [7, 11) is 0. The average Bonchev–Trinajstić information content (AvgIpc) is 2.61. The van der Waals surface area contributed by atoms with Crippen molar-refractivity contribution in [3.05, 3.63) is 0 Å². The molecule has 3 nitrogen and oxygen atoms in total. The molecule has 1 N–H and O–H groups in total. The second kappa shape index (κ2) is 4.36. The molecule has 0 aromatic carbocycles. The van der Waals surface area contributed by atoms with Crippen molar-refractivity contribution in [3.8, 4) is 0 Å². The third-order valence-corrected chi connectivity index (χ3v) is 3.59. The van der Waals surface area contributed by atoms with Crippen molar-refractivity contribution in [2.45, 2.75) is 70.6 Å². The summed E-state index contributed by atoms with van der Waals surface area (Å²) in [6.07, 6.45) is 5.99. The number of carbonyl (C=O) groups is 1. The van der Waals surface area contributed by atoms with Crippen molar-refractivity contribution >= 4 is 5.97 Å². The van der Waals surface area contributed by atoms with Crippen LogP contribution in [0.3, 0.4) is 0 Å². The Morgan fingerprint density at radius 2 is 1.94 bits per heavy atom. The summed E-state index contributed by atoms with van der Waals surface area (Å²) in [6, 6.07) is 0.491.